The molecular formula is C12H13F2NS. The fourth-order valence-corrected chi connectivity index (χ4v) is 1.84. The maximum absolute atomic E-state index is 12.3. The van der Waals surface area contributed by atoms with Crippen molar-refractivity contribution in [1.82, 2.24) is 0 Å². The van der Waals surface area contributed by atoms with Gasteiger partial charge in [0, 0.05) is 23.5 Å². The highest BCUT2D eigenvalue weighted by atomic mass is 32.2. The lowest BCUT2D eigenvalue weighted by Gasteiger charge is -2.10. The third-order valence-electron chi connectivity index (χ3n) is 1.92. The highest BCUT2D eigenvalue weighted by Gasteiger charge is 2.08. The number of unbranched alkanes of at least 4 members (excludes halogenated alkanes) is 1. The van der Waals surface area contributed by atoms with Gasteiger partial charge in [0.2, 0.25) is 0 Å². The summed E-state index contributed by atoms with van der Waals surface area (Å²) in [5.41, 5.74) is 0.741. The molecule has 0 saturated heterocycles. The molecule has 4 heteroatoms. The summed E-state index contributed by atoms with van der Waals surface area (Å²) in [5.74, 6) is 0.141. The number of thioether (sulfide) groups is 1. The average Bonchev–Trinajstić information content (AvgIpc) is 2.26. The first kappa shape index (κ1) is 12.9. The molecule has 0 atom stereocenters. The van der Waals surface area contributed by atoms with Crippen molar-refractivity contribution in [1.29, 1.82) is 0 Å². The molecule has 16 heavy (non-hydrogen) atoms. The van der Waals surface area contributed by atoms with Crippen LogP contribution in [0.4, 0.5) is 14.5 Å². The molecule has 1 aromatic carbocycles. The molecule has 0 spiro atoms. The molecule has 1 aromatic rings. The number of benzene rings is 1. The molecule has 0 aliphatic rings. The molecule has 0 aliphatic carbocycles. The van der Waals surface area contributed by atoms with Crippen LogP contribution in [-0.4, -0.2) is 12.3 Å². The summed E-state index contributed by atoms with van der Waals surface area (Å²) in [6.45, 7) is 0.699. The van der Waals surface area contributed by atoms with E-state index in [0.717, 1.165) is 12.1 Å². The van der Waals surface area contributed by atoms with E-state index in [1.54, 1.807) is 18.2 Å². The maximum Gasteiger partial charge on any atom is 0.288 e. The van der Waals surface area contributed by atoms with Gasteiger partial charge >= 0.3 is 0 Å². The second-order valence-electron chi connectivity index (χ2n) is 3.11. The fraction of sp³-hybridized carbons (Fsp3) is 0.333. The number of terminal acetylenes is 1. The topological polar surface area (TPSA) is 12.0 Å². The summed E-state index contributed by atoms with van der Waals surface area (Å²) in [6, 6.07) is 7.04. The molecular weight excluding hydrogens is 228 g/mol. The van der Waals surface area contributed by atoms with E-state index in [1.807, 2.05) is 6.07 Å². The van der Waals surface area contributed by atoms with Crippen LogP contribution in [0.2, 0.25) is 0 Å². The van der Waals surface area contributed by atoms with Crippen molar-refractivity contribution in [3.63, 3.8) is 0 Å². The summed E-state index contributed by atoms with van der Waals surface area (Å²) in [6.07, 6.45) is 6.65. The molecule has 0 aromatic heterocycles. The third kappa shape index (κ3) is 4.54. The number of alkyl halides is 2. The summed E-state index contributed by atoms with van der Waals surface area (Å²) in [4.78, 5) is 0.568. The summed E-state index contributed by atoms with van der Waals surface area (Å²) < 4.78 is 24.5. The van der Waals surface area contributed by atoms with Crippen LogP contribution in [0, 0.1) is 12.3 Å². The number of halogens is 2. The van der Waals surface area contributed by atoms with Crippen LogP contribution in [0.25, 0.3) is 0 Å². The molecule has 0 saturated carbocycles. The molecule has 0 radical (unpaired) electrons. The zero-order chi connectivity index (χ0) is 11.8. The second kappa shape index (κ2) is 7.13. The molecule has 1 N–H and O–H groups in total. The third-order valence-corrected chi connectivity index (χ3v) is 2.70. The Bertz CT molecular complexity index is 360. The van der Waals surface area contributed by atoms with E-state index < -0.39 is 5.76 Å². The molecule has 1 nitrogen and oxygen atoms in total. The Morgan fingerprint density at radius 1 is 1.38 bits per heavy atom. The van der Waals surface area contributed by atoms with E-state index >= 15 is 0 Å². The minimum Gasteiger partial charge on any atom is -0.384 e. The number of hydrogen-bond donors (Lipinski definition) is 1. The lowest BCUT2D eigenvalue weighted by molar-refractivity contribution is 0.252. The molecule has 0 bridgehead atoms. The molecule has 0 unspecified atom stereocenters. The molecule has 0 heterocycles. The Kier molecular flexibility index (Phi) is 5.73. The number of anilines is 1. The number of rotatable bonds is 6. The molecule has 0 fully saturated rings. The summed E-state index contributed by atoms with van der Waals surface area (Å²) in [5, 5.41) is 3.10. The standard InChI is InChI=1S/C12H13F2NS/c1-2-3-6-9-15-10-7-4-5-8-11(10)16-12(13)14/h1,4-5,7-8,12,15H,3,6,9H2. The van der Waals surface area contributed by atoms with Crippen LogP contribution in [0.1, 0.15) is 12.8 Å². The van der Waals surface area contributed by atoms with E-state index in [4.69, 9.17) is 6.42 Å². The normalized spacial score (nSPS) is 10.1. The van der Waals surface area contributed by atoms with Gasteiger partial charge in [-0.05, 0) is 18.6 Å². The maximum atomic E-state index is 12.3. The van der Waals surface area contributed by atoms with Gasteiger partial charge in [0.1, 0.15) is 0 Å². The first-order valence-corrected chi connectivity index (χ1v) is 5.83. The van der Waals surface area contributed by atoms with Gasteiger partial charge in [-0.1, -0.05) is 23.9 Å². The first-order chi connectivity index (χ1) is 7.74. The van der Waals surface area contributed by atoms with E-state index in [9.17, 15) is 8.78 Å². The Morgan fingerprint density at radius 3 is 2.81 bits per heavy atom. The van der Waals surface area contributed by atoms with E-state index in [-0.39, 0.29) is 0 Å². The minimum atomic E-state index is -2.39. The predicted octanol–water partition coefficient (Wildman–Crippen LogP) is 3.83. The minimum absolute atomic E-state index is 0.553. The number of para-hydroxylation sites is 1. The van der Waals surface area contributed by atoms with Gasteiger partial charge in [0.05, 0.1) is 0 Å². The van der Waals surface area contributed by atoms with Crippen molar-refractivity contribution in [2.75, 3.05) is 11.9 Å². The Morgan fingerprint density at radius 2 is 2.12 bits per heavy atom. The van der Waals surface area contributed by atoms with Crippen molar-refractivity contribution in [3.8, 4) is 12.3 Å². The quantitative estimate of drug-likeness (QED) is 0.461. The zero-order valence-corrected chi connectivity index (χ0v) is 9.57. The van der Waals surface area contributed by atoms with Crippen molar-refractivity contribution in [2.45, 2.75) is 23.5 Å². The highest BCUT2D eigenvalue weighted by molar-refractivity contribution is 7.99. The lowest BCUT2D eigenvalue weighted by Crippen LogP contribution is -2.02. The molecule has 86 valence electrons. The van der Waals surface area contributed by atoms with Gasteiger partial charge in [-0.3, -0.25) is 0 Å². The SMILES string of the molecule is C#CCCCNc1ccccc1SC(F)F. The van der Waals surface area contributed by atoms with E-state index in [0.29, 0.717) is 29.6 Å². The highest BCUT2D eigenvalue weighted by Crippen LogP contribution is 2.31. The van der Waals surface area contributed by atoms with Crippen LogP contribution in [0.5, 0.6) is 0 Å². The van der Waals surface area contributed by atoms with Crippen LogP contribution < -0.4 is 5.32 Å². The van der Waals surface area contributed by atoms with Crippen LogP contribution >= 0.6 is 11.8 Å². The Balaban J connectivity index is 2.54. The van der Waals surface area contributed by atoms with Crippen molar-refractivity contribution < 1.29 is 8.78 Å². The fourth-order valence-electron chi connectivity index (χ4n) is 1.22. The lowest BCUT2D eigenvalue weighted by atomic mass is 10.3. The second-order valence-corrected chi connectivity index (χ2v) is 4.14. The molecule has 0 amide bonds. The van der Waals surface area contributed by atoms with Gasteiger partial charge in [0.25, 0.3) is 5.76 Å². The van der Waals surface area contributed by atoms with E-state index in [1.165, 1.54) is 0 Å². The molecule has 0 aliphatic heterocycles. The van der Waals surface area contributed by atoms with Gasteiger partial charge < -0.3 is 5.32 Å². The smallest absolute Gasteiger partial charge is 0.288 e. The number of nitrogens with one attached hydrogen (secondary N) is 1. The van der Waals surface area contributed by atoms with Crippen LogP contribution in [0.3, 0.4) is 0 Å². The van der Waals surface area contributed by atoms with Gasteiger partial charge in [0.15, 0.2) is 0 Å². The van der Waals surface area contributed by atoms with Crippen molar-refractivity contribution in [2.24, 2.45) is 0 Å². The molecule has 1 rings (SSSR count). The van der Waals surface area contributed by atoms with Crippen molar-refractivity contribution in [3.05, 3.63) is 24.3 Å². The average molecular weight is 241 g/mol. The van der Waals surface area contributed by atoms with E-state index in [2.05, 4.69) is 11.2 Å². The van der Waals surface area contributed by atoms with Gasteiger partial charge in [-0.25, -0.2) is 0 Å². The Labute approximate surface area is 98.6 Å². The van der Waals surface area contributed by atoms with Crippen LogP contribution in [0.15, 0.2) is 29.2 Å². The van der Waals surface area contributed by atoms with Gasteiger partial charge in [-0.2, -0.15) is 8.78 Å². The first-order valence-electron chi connectivity index (χ1n) is 4.95. The Hall–Kier alpha value is -1.21. The largest absolute Gasteiger partial charge is 0.384 e. The monoisotopic (exact) mass is 241 g/mol. The summed E-state index contributed by atoms with van der Waals surface area (Å²) >= 11 is 0.553. The summed E-state index contributed by atoms with van der Waals surface area (Å²) in [7, 11) is 0. The number of hydrogen-bond acceptors (Lipinski definition) is 2. The van der Waals surface area contributed by atoms with Crippen LogP contribution in [-0.2, 0) is 0 Å². The predicted molar refractivity (Wildman–Crippen MR) is 64.9 cm³/mol. The van der Waals surface area contributed by atoms with Crippen molar-refractivity contribution >= 4 is 17.4 Å². The van der Waals surface area contributed by atoms with Gasteiger partial charge in [-0.15, -0.1) is 12.3 Å². The zero-order valence-electron chi connectivity index (χ0n) is 8.75.